The van der Waals surface area contributed by atoms with Gasteiger partial charge in [0.25, 0.3) is 0 Å². The number of phenolic OH excluding ortho intramolecular Hbond substituents is 1. The molecule has 0 saturated carbocycles. The fourth-order valence-corrected chi connectivity index (χ4v) is 1.86. The fraction of sp³-hybridized carbons (Fsp3) is 0.143. The van der Waals surface area contributed by atoms with E-state index in [0.717, 1.165) is 16.8 Å². The molecule has 0 radical (unpaired) electrons. The zero-order chi connectivity index (χ0) is 12.4. The van der Waals surface area contributed by atoms with Crippen molar-refractivity contribution in [2.24, 2.45) is 0 Å². The molecule has 0 amide bonds. The standard InChI is InChI=1S/C14H16N2O/c1-9(10-3-2-4-12(15)7-10)11-5-6-14(17)13(16)8-11/h2-9,17H,15-16H2,1H3. The number of rotatable bonds is 2. The molecule has 1 unspecified atom stereocenters. The molecule has 0 heterocycles. The van der Waals surface area contributed by atoms with E-state index in [0.29, 0.717) is 5.69 Å². The van der Waals surface area contributed by atoms with Crippen molar-refractivity contribution in [2.45, 2.75) is 12.8 Å². The van der Waals surface area contributed by atoms with Gasteiger partial charge in [-0.25, -0.2) is 0 Å². The number of hydrogen-bond donors (Lipinski definition) is 3. The molecule has 0 aliphatic heterocycles. The summed E-state index contributed by atoms with van der Waals surface area (Å²) in [6.07, 6.45) is 0. The van der Waals surface area contributed by atoms with Crippen LogP contribution in [0.3, 0.4) is 0 Å². The summed E-state index contributed by atoms with van der Waals surface area (Å²) in [6.45, 7) is 2.08. The summed E-state index contributed by atoms with van der Waals surface area (Å²) in [7, 11) is 0. The van der Waals surface area contributed by atoms with Crippen molar-refractivity contribution in [3.8, 4) is 5.75 Å². The van der Waals surface area contributed by atoms with Gasteiger partial charge in [0, 0.05) is 11.6 Å². The maximum Gasteiger partial charge on any atom is 0.138 e. The van der Waals surface area contributed by atoms with Gasteiger partial charge in [-0.2, -0.15) is 0 Å². The summed E-state index contributed by atoms with van der Waals surface area (Å²) >= 11 is 0. The Kier molecular flexibility index (Phi) is 2.91. The van der Waals surface area contributed by atoms with Gasteiger partial charge in [-0.3, -0.25) is 0 Å². The minimum atomic E-state index is 0.119. The predicted octanol–water partition coefficient (Wildman–Crippen LogP) is 2.71. The maximum atomic E-state index is 9.40. The third-order valence-electron chi connectivity index (χ3n) is 2.96. The lowest BCUT2D eigenvalue weighted by Crippen LogP contribution is -1.98. The van der Waals surface area contributed by atoms with Gasteiger partial charge < -0.3 is 16.6 Å². The number of phenols is 1. The van der Waals surface area contributed by atoms with Crippen molar-refractivity contribution in [3.05, 3.63) is 53.6 Å². The largest absolute Gasteiger partial charge is 0.506 e. The van der Waals surface area contributed by atoms with Gasteiger partial charge in [-0.15, -0.1) is 0 Å². The first-order valence-corrected chi connectivity index (χ1v) is 5.52. The highest BCUT2D eigenvalue weighted by molar-refractivity contribution is 5.55. The van der Waals surface area contributed by atoms with E-state index in [-0.39, 0.29) is 11.7 Å². The van der Waals surface area contributed by atoms with Crippen molar-refractivity contribution in [1.82, 2.24) is 0 Å². The van der Waals surface area contributed by atoms with Gasteiger partial charge in [0.15, 0.2) is 0 Å². The summed E-state index contributed by atoms with van der Waals surface area (Å²) in [5, 5.41) is 9.40. The Labute approximate surface area is 101 Å². The van der Waals surface area contributed by atoms with E-state index >= 15 is 0 Å². The van der Waals surface area contributed by atoms with E-state index < -0.39 is 0 Å². The molecule has 88 valence electrons. The topological polar surface area (TPSA) is 72.3 Å². The number of nitrogen functional groups attached to an aromatic ring is 2. The lowest BCUT2D eigenvalue weighted by molar-refractivity contribution is 0.477. The number of hydrogen-bond acceptors (Lipinski definition) is 3. The average molecular weight is 228 g/mol. The van der Waals surface area contributed by atoms with Crippen LogP contribution in [0.15, 0.2) is 42.5 Å². The molecular weight excluding hydrogens is 212 g/mol. The number of benzene rings is 2. The lowest BCUT2D eigenvalue weighted by Gasteiger charge is -2.14. The van der Waals surface area contributed by atoms with Crippen LogP contribution in [0.25, 0.3) is 0 Å². The van der Waals surface area contributed by atoms with Crippen LogP contribution in [-0.2, 0) is 0 Å². The van der Waals surface area contributed by atoms with Gasteiger partial charge in [-0.1, -0.05) is 25.1 Å². The minimum Gasteiger partial charge on any atom is -0.506 e. The molecule has 3 nitrogen and oxygen atoms in total. The van der Waals surface area contributed by atoms with Crippen LogP contribution in [0.1, 0.15) is 24.0 Å². The Morgan fingerprint density at radius 1 is 1.00 bits per heavy atom. The Morgan fingerprint density at radius 3 is 2.35 bits per heavy atom. The molecule has 3 heteroatoms. The van der Waals surface area contributed by atoms with E-state index in [4.69, 9.17) is 11.5 Å². The minimum absolute atomic E-state index is 0.119. The number of aromatic hydroxyl groups is 1. The zero-order valence-corrected chi connectivity index (χ0v) is 9.72. The van der Waals surface area contributed by atoms with Crippen LogP contribution in [0.4, 0.5) is 11.4 Å². The van der Waals surface area contributed by atoms with Crippen molar-refractivity contribution in [1.29, 1.82) is 0 Å². The van der Waals surface area contributed by atoms with Gasteiger partial charge >= 0.3 is 0 Å². The SMILES string of the molecule is CC(c1cccc(N)c1)c1ccc(O)c(N)c1. The second kappa shape index (κ2) is 4.37. The second-order valence-electron chi connectivity index (χ2n) is 4.21. The molecule has 2 rings (SSSR count). The smallest absolute Gasteiger partial charge is 0.138 e. The van der Waals surface area contributed by atoms with Crippen LogP contribution in [0.5, 0.6) is 5.75 Å². The summed E-state index contributed by atoms with van der Waals surface area (Å²) < 4.78 is 0. The van der Waals surface area contributed by atoms with Crippen molar-refractivity contribution < 1.29 is 5.11 Å². The van der Waals surface area contributed by atoms with E-state index in [2.05, 4.69) is 6.92 Å². The Morgan fingerprint density at radius 2 is 1.71 bits per heavy atom. The van der Waals surface area contributed by atoms with Gasteiger partial charge in [-0.05, 0) is 35.4 Å². The van der Waals surface area contributed by atoms with Gasteiger partial charge in [0.05, 0.1) is 5.69 Å². The van der Waals surface area contributed by atoms with Crippen LogP contribution >= 0.6 is 0 Å². The van der Waals surface area contributed by atoms with Crippen LogP contribution in [-0.4, -0.2) is 5.11 Å². The van der Waals surface area contributed by atoms with Crippen LogP contribution in [0, 0.1) is 0 Å². The molecule has 0 fully saturated rings. The third-order valence-corrected chi connectivity index (χ3v) is 2.96. The molecule has 2 aromatic carbocycles. The first kappa shape index (κ1) is 11.3. The van der Waals surface area contributed by atoms with Crippen molar-refractivity contribution in [2.75, 3.05) is 11.5 Å². The number of anilines is 2. The molecule has 0 saturated heterocycles. The fourth-order valence-electron chi connectivity index (χ4n) is 1.86. The van der Waals surface area contributed by atoms with Gasteiger partial charge in [0.1, 0.15) is 5.75 Å². The third kappa shape index (κ3) is 2.33. The highest BCUT2D eigenvalue weighted by Gasteiger charge is 2.10. The predicted molar refractivity (Wildman–Crippen MR) is 70.9 cm³/mol. The number of nitrogens with two attached hydrogens (primary N) is 2. The highest BCUT2D eigenvalue weighted by Crippen LogP contribution is 2.29. The molecular formula is C14H16N2O. The zero-order valence-electron chi connectivity index (χ0n) is 9.72. The molecule has 0 aliphatic rings. The van der Waals surface area contributed by atoms with E-state index in [9.17, 15) is 5.11 Å². The maximum absolute atomic E-state index is 9.40. The Hall–Kier alpha value is -2.16. The quantitative estimate of drug-likeness (QED) is 0.546. The molecule has 0 aliphatic carbocycles. The molecule has 0 aromatic heterocycles. The monoisotopic (exact) mass is 228 g/mol. The summed E-state index contributed by atoms with van der Waals surface area (Å²) in [5.41, 5.74) is 14.8. The molecule has 0 spiro atoms. The molecule has 2 aromatic rings. The van der Waals surface area contributed by atoms with Crippen LogP contribution in [0.2, 0.25) is 0 Å². The Balaban J connectivity index is 2.36. The van der Waals surface area contributed by atoms with Crippen molar-refractivity contribution in [3.63, 3.8) is 0 Å². The van der Waals surface area contributed by atoms with E-state index in [1.807, 2.05) is 30.3 Å². The lowest BCUT2D eigenvalue weighted by atomic mass is 9.92. The first-order chi connectivity index (χ1) is 8.08. The molecule has 1 atom stereocenters. The molecule has 0 bridgehead atoms. The summed E-state index contributed by atoms with van der Waals surface area (Å²) in [4.78, 5) is 0. The second-order valence-corrected chi connectivity index (χ2v) is 4.21. The van der Waals surface area contributed by atoms with Crippen molar-refractivity contribution >= 4 is 11.4 Å². The Bertz CT molecular complexity index is 537. The highest BCUT2D eigenvalue weighted by atomic mass is 16.3. The molecule has 17 heavy (non-hydrogen) atoms. The summed E-state index contributed by atoms with van der Waals surface area (Å²) in [6, 6.07) is 13.1. The summed E-state index contributed by atoms with van der Waals surface area (Å²) in [5.74, 6) is 0.315. The van der Waals surface area contributed by atoms with E-state index in [1.54, 1.807) is 12.1 Å². The molecule has 5 N–H and O–H groups in total. The van der Waals surface area contributed by atoms with E-state index in [1.165, 1.54) is 0 Å². The normalized spacial score (nSPS) is 12.3. The van der Waals surface area contributed by atoms with Gasteiger partial charge in [0.2, 0.25) is 0 Å². The average Bonchev–Trinajstić information content (AvgIpc) is 2.32. The van der Waals surface area contributed by atoms with Crippen LogP contribution < -0.4 is 11.5 Å². The first-order valence-electron chi connectivity index (χ1n) is 5.52.